The van der Waals surface area contributed by atoms with Crippen molar-refractivity contribution in [3.05, 3.63) is 34.1 Å². The number of carbonyl (C=O) groups is 1. The number of nitrogens with zero attached hydrogens (tertiary/aromatic N) is 2. The van der Waals surface area contributed by atoms with Crippen LogP contribution in [0.4, 0.5) is 0 Å². The Kier molecular flexibility index (Phi) is 2.19. The molecule has 0 fully saturated rings. The quantitative estimate of drug-likeness (QED) is 0.689. The predicted octanol–water partition coefficient (Wildman–Crippen LogP) is 1.17. The van der Waals surface area contributed by atoms with Gasteiger partial charge in [0.05, 0.1) is 10.9 Å². The van der Waals surface area contributed by atoms with E-state index in [0.717, 1.165) is 11.8 Å². The first-order valence-electron chi connectivity index (χ1n) is 4.83. The fraction of sp³-hybridized carbons (Fsp3) is 0.273. The molecule has 0 saturated carbocycles. The molecule has 0 spiro atoms. The molecular weight excluding hydrogens is 192 g/mol. The minimum Gasteiger partial charge on any atom is -0.298 e. The largest absolute Gasteiger partial charge is 0.298 e. The predicted molar refractivity (Wildman–Crippen MR) is 58.2 cm³/mol. The van der Waals surface area contributed by atoms with Crippen LogP contribution >= 0.6 is 0 Å². The lowest BCUT2D eigenvalue weighted by molar-refractivity contribution is 0.112. The maximum absolute atomic E-state index is 11.8. The number of aromatic nitrogens is 2. The molecule has 0 bridgehead atoms. The highest BCUT2D eigenvalue weighted by molar-refractivity contribution is 5.86. The fourth-order valence-electron chi connectivity index (χ4n) is 1.83. The molecule has 0 saturated heterocycles. The van der Waals surface area contributed by atoms with Crippen LogP contribution < -0.4 is 5.56 Å². The Hall–Kier alpha value is -1.84. The molecular formula is C11H12N2O2. The van der Waals surface area contributed by atoms with Gasteiger partial charge in [0.2, 0.25) is 0 Å². The van der Waals surface area contributed by atoms with E-state index in [9.17, 15) is 9.59 Å². The van der Waals surface area contributed by atoms with Crippen molar-refractivity contribution in [3.63, 3.8) is 0 Å². The van der Waals surface area contributed by atoms with E-state index in [-0.39, 0.29) is 5.56 Å². The van der Waals surface area contributed by atoms with Crippen LogP contribution in [0.3, 0.4) is 0 Å². The molecule has 15 heavy (non-hydrogen) atoms. The molecule has 2 aromatic rings. The molecule has 0 N–H and O–H groups in total. The summed E-state index contributed by atoms with van der Waals surface area (Å²) in [7, 11) is 1.82. The van der Waals surface area contributed by atoms with E-state index < -0.39 is 0 Å². The number of aldehydes is 1. The first kappa shape index (κ1) is 9.71. The summed E-state index contributed by atoms with van der Waals surface area (Å²) in [6, 6.07) is 5.10. The van der Waals surface area contributed by atoms with Crippen molar-refractivity contribution in [1.29, 1.82) is 0 Å². The smallest absolute Gasteiger partial charge is 0.274 e. The van der Waals surface area contributed by atoms with Gasteiger partial charge in [-0.2, -0.15) is 0 Å². The third kappa shape index (κ3) is 1.29. The van der Waals surface area contributed by atoms with Crippen molar-refractivity contribution in [1.82, 2.24) is 9.36 Å². The van der Waals surface area contributed by atoms with E-state index in [1.165, 1.54) is 0 Å². The van der Waals surface area contributed by atoms with Gasteiger partial charge in [-0.05, 0) is 19.1 Å². The normalized spacial score (nSPS) is 10.8. The lowest BCUT2D eigenvalue weighted by Crippen LogP contribution is -2.19. The van der Waals surface area contributed by atoms with Crippen molar-refractivity contribution in [2.45, 2.75) is 13.5 Å². The van der Waals surface area contributed by atoms with Crippen molar-refractivity contribution < 1.29 is 4.79 Å². The SMILES string of the molecule is CCn1c(=O)c2ccc(C=O)cc2n1C. The zero-order chi connectivity index (χ0) is 11.0. The average molecular weight is 204 g/mol. The minimum absolute atomic E-state index is 0.00699. The number of hydrogen-bond donors (Lipinski definition) is 0. The molecule has 1 aromatic heterocycles. The lowest BCUT2D eigenvalue weighted by Gasteiger charge is -2.03. The maximum atomic E-state index is 11.8. The summed E-state index contributed by atoms with van der Waals surface area (Å²) < 4.78 is 3.42. The molecule has 0 atom stereocenters. The molecule has 78 valence electrons. The molecule has 1 aromatic carbocycles. The molecule has 0 aliphatic rings. The monoisotopic (exact) mass is 204 g/mol. The molecule has 1 heterocycles. The van der Waals surface area contributed by atoms with Gasteiger partial charge in [0.15, 0.2) is 0 Å². The molecule has 0 aliphatic carbocycles. The number of carbonyl (C=O) groups excluding carboxylic acids is 1. The van der Waals surface area contributed by atoms with Crippen LogP contribution in [0.5, 0.6) is 0 Å². The van der Waals surface area contributed by atoms with E-state index in [4.69, 9.17) is 0 Å². The number of aryl methyl sites for hydroxylation is 1. The molecule has 0 aliphatic heterocycles. The molecule has 0 radical (unpaired) electrons. The van der Waals surface area contributed by atoms with Crippen LogP contribution in [0.15, 0.2) is 23.0 Å². The van der Waals surface area contributed by atoms with Gasteiger partial charge in [-0.25, -0.2) is 0 Å². The Balaban J connectivity index is 2.89. The Morgan fingerprint density at radius 3 is 2.73 bits per heavy atom. The summed E-state index contributed by atoms with van der Waals surface area (Å²) in [4.78, 5) is 22.5. The molecule has 4 nitrogen and oxygen atoms in total. The van der Waals surface area contributed by atoms with Crippen molar-refractivity contribution in [2.24, 2.45) is 7.05 Å². The van der Waals surface area contributed by atoms with E-state index in [1.54, 1.807) is 27.6 Å². The highest BCUT2D eigenvalue weighted by Gasteiger charge is 2.09. The van der Waals surface area contributed by atoms with Crippen molar-refractivity contribution in [2.75, 3.05) is 0 Å². The van der Waals surface area contributed by atoms with Gasteiger partial charge in [0.1, 0.15) is 6.29 Å². The van der Waals surface area contributed by atoms with Crippen LogP contribution in [-0.4, -0.2) is 15.6 Å². The summed E-state index contributed by atoms with van der Waals surface area (Å²) in [6.07, 6.45) is 0.785. The van der Waals surface area contributed by atoms with Crippen molar-refractivity contribution in [3.8, 4) is 0 Å². The van der Waals surface area contributed by atoms with Crippen LogP contribution in [0, 0.1) is 0 Å². The second kappa shape index (κ2) is 3.38. The summed E-state index contributed by atoms with van der Waals surface area (Å²) in [5.41, 5.74) is 1.38. The third-order valence-electron chi connectivity index (χ3n) is 2.63. The highest BCUT2D eigenvalue weighted by Crippen LogP contribution is 2.11. The zero-order valence-electron chi connectivity index (χ0n) is 8.73. The number of rotatable bonds is 2. The summed E-state index contributed by atoms with van der Waals surface area (Å²) in [5, 5.41) is 0.657. The molecule has 0 amide bonds. The Labute approximate surface area is 86.7 Å². The van der Waals surface area contributed by atoms with Crippen LogP contribution in [0.2, 0.25) is 0 Å². The third-order valence-corrected chi connectivity index (χ3v) is 2.63. The Morgan fingerprint density at radius 2 is 2.13 bits per heavy atom. The van der Waals surface area contributed by atoms with Crippen LogP contribution in [0.25, 0.3) is 10.9 Å². The number of benzene rings is 1. The molecule has 0 unspecified atom stereocenters. The second-order valence-corrected chi connectivity index (χ2v) is 3.44. The zero-order valence-corrected chi connectivity index (χ0v) is 8.73. The summed E-state index contributed by atoms with van der Waals surface area (Å²) >= 11 is 0. The lowest BCUT2D eigenvalue weighted by atomic mass is 10.2. The number of hydrogen-bond acceptors (Lipinski definition) is 2. The number of fused-ring (bicyclic) bond motifs is 1. The van der Waals surface area contributed by atoms with Gasteiger partial charge in [-0.15, -0.1) is 0 Å². The van der Waals surface area contributed by atoms with E-state index >= 15 is 0 Å². The van der Waals surface area contributed by atoms with Gasteiger partial charge in [0, 0.05) is 19.2 Å². The summed E-state index contributed by atoms with van der Waals surface area (Å²) in [5.74, 6) is 0. The Bertz CT molecular complexity index is 578. The fourth-order valence-corrected chi connectivity index (χ4v) is 1.83. The maximum Gasteiger partial charge on any atom is 0.274 e. The second-order valence-electron chi connectivity index (χ2n) is 3.44. The first-order valence-corrected chi connectivity index (χ1v) is 4.83. The van der Waals surface area contributed by atoms with Gasteiger partial charge < -0.3 is 0 Å². The van der Waals surface area contributed by atoms with Gasteiger partial charge in [0.25, 0.3) is 5.56 Å². The van der Waals surface area contributed by atoms with Gasteiger partial charge in [-0.3, -0.25) is 19.0 Å². The highest BCUT2D eigenvalue weighted by atomic mass is 16.1. The first-order chi connectivity index (χ1) is 7.19. The Morgan fingerprint density at radius 1 is 1.40 bits per heavy atom. The van der Waals surface area contributed by atoms with Gasteiger partial charge in [-0.1, -0.05) is 6.07 Å². The van der Waals surface area contributed by atoms with E-state index in [2.05, 4.69) is 0 Å². The molecule has 4 heteroatoms. The average Bonchev–Trinajstić information content (AvgIpc) is 2.51. The minimum atomic E-state index is -0.00699. The topological polar surface area (TPSA) is 44.0 Å². The van der Waals surface area contributed by atoms with E-state index in [0.29, 0.717) is 17.5 Å². The molecule has 2 rings (SSSR count). The van der Waals surface area contributed by atoms with Crippen LogP contribution in [0.1, 0.15) is 17.3 Å². The van der Waals surface area contributed by atoms with Gasteiger partial charge >= 0.3 is 0 Å². The summed E-state index contributed by atoms with van der Waals surface area (Å²) in [6.45, 7) is 2.54. The van der Waals surface area contributed by atoms with Crippen LogP contribution in [-0.2, 0) is 13.6 Å². The van der Waals surface area contributed by atoms with E-state index in [1.807, 2.05) is 14.0 Å². The van der Waals surface area contributed by atoms with Crippen molar-refractivity contribution >= 4 is 17.2 Å². The standard InChI is InChI=1S/C11H12N2O2/c1-3-13-11(15)9-5-4-8(7-14)6-10(9)12(13)2/h4-7H,3H2,1-2H3.